The van der Waals surface area contributed by atoms with Gasteiger partial charge < -0.3 is 4.74 Å². The number of pyridine rings is 2. The third-order valence-corrected chi connectivity index (χ3v) is 7.99. The number of fused-ring (bicyclic) bond motifs is 3. The predicted octanol–water partition coefficient (Wildman–Crippen LogP) is 10.4. The van der Waals surface area contributed by atoms with E-state index in [0.29, 0.717) is 5.88 Å². The molecule has 208 valence electrons. The average Bonchev–Trinajstić information content (AvgIpc) is 3.43. The van der Waals surface area contributed by atoms with Crippen LogP contribution >= 0.6 is 0 Å². The van der Waals surface area contributed by atoms with Crippen molar-refractivity contribution in [2.24, 2.45) is 0 Å². The topological polar surface area (TPSA) is 39.9 Å². The Kier molecular flexibility index (Phi) is 6.43. The molecule has 3 aromatic heterocycles. The molecule has 4 nitrogen and oxygen atoms in total. The lowest BCUT2D eigenvalue weighted by molar-refractivity contribution is 0.463. The first-order chi connectivity index (χ1) is 21.8. The van der Waals surface area contributed by atoms with Crippen LogP contribution < -0.4 is 4.74 Å². The van der Waals surface area contributed by atoms with Crippen LogP contribution in [0.15, 0.2) is 164 Å². The molecule has 0 saturated carbocycles. The fourth-order valence-corrected chi connectivity index (χ4v) is 5.93. The second-order valence-corrected chi connectivity index (χ2v) is 10.7. The summed E-state index contributed by atoms with van der Waals surface area (Å²) in [4.78, 5) is 9.40. The molecule has 0 aliphatic carbocycles. The van der Waals surface area contributed by atoms with Crippen molar-refractivity contribution in [2.45, 2.75) is 0 Å². The number of hydrogen-bond acceptors (Lipinski definition) is 3. The zero-order chi connectivity index (χ0) is 29.3. The molecule has 0 aliphatic rings. The van der Waals surface area contributed by atoms with Gasteiger partial charge in [-0.05, 0) is 70.3 Å². The van der Waals surface area contributed by atoms with Crippen molar-refractivity contribution < 1.29 is 4.74 Å². The van der Waals surface area contributed by atoms with Crippen LogP contribution in [0.25, 0.3) is 61.0 Å². The Morgan fingerprint density at radius 2 is 1.14 bits per heavy atom. The molecule has 0 atom stereocenters. The number of nitrogens with zero attached hydrogens (tertiary/aromatic N) is 3. The van der Waals surface area contributed by atoms with Gasteiger partial charge in [-0.3, -0.25) is 4.57 Å². The SMILES string of the molecule is c1ccc(-c2ccnc(Oc3cccc(-c4ccc5c6ccccc6n(-c6ncccc6-c6ccccc6)c5c4)c3)c2)cc1. The maximum Gasteiger partial charge on any atom is 0.219 e. The number of para-hydroxylation sites is 1. The smallest absolute Gasteiger partial charge is 0.219 e. The molecule has 44 heavy (non-hydrogen) atoms. The molecular formula is C40H27N3O. The third kappa shape index (κ3) is 4.69. The Labute approximate surface area is 255 Å². The summed E-state index contributed by atoms with van der Waals surface area (Å²) in [6.07, 6.45) is 3.66. The minimum absolute atomic E-state index is 0.558. The number of ether oxygens (including phenoxy) is 1. The lowest BCUT2D eigenvalue weighted by Gasteiger charge is -2.13. The monoisotopic (exact) mass is 565 g/mol. The van der Waals surface area contributed by atoms with E-state index in [9.17, 15) is 0 Å². The van der Waals surface area contributed by atoms with E-state index >= 15 is 0 Å². The van der Waals surface area contributed by atoms with Crippen LogP contribution in [0.1, 0.15) is 0 Å². The van der Waals surface area contributed by atoms with E-state index in [0.717, 1.165) is 56.0 Å². The first kappa shape index (κ1) is 25.7. The Morgan fingerprint density at radius 1 is 0.432 bits per heavy atom. The van der Waals surface area contributed by atoms with Gasteiger partial charge in [0.05, 0.1) is 11.0 Å². The van der Waals surface area contributed by atoms with Gasteiger partial charge in [0, 0.05) is 34.8 Å². The van der Waals surface area contributed by atoms with Crippen molar-refractivity contribution in [1.29, 1.82) is 0 Å². The van der Waals surface area contributed by atoms with E-state index in [-0.39, 0.29) is 0 Å². The lowest BCUT2D eigenvalue weighted by Crippen LogP contribution is -2.00. The molecule has 0 spiro atoms. The van der Waals surface area contributed by atoms with Crippen molar-refractivity contribution in [3.8, 4) is 50.8 Å². The molecule has 0 aliphatic heterocycles. The summed E-state index contributed by atoms with van der Waals surface area (Å²) < 4.78 is 8.56. The quantitative estimate of drug-likeness (QED) is 0.201. The Hall–Kier alpha value is -6.00. The minimum Gasteiger partial charge on any atom is -0.439 e. The molecule has 0 radical (unpaired) electrons. The average molecular weight is 566 g/mol. The minimum atomic E-state index is 0.558. The van der Waals surface area contributed by atoms with Crippen LogP contribution in [0.3, 0.4) is 0 Å². The normalized spacial score (nSPS) is 11.2. The van der Waals surface area contributed by atoms with Crippen molar-refractivity contribution in [3.05, 3.63) is 164 Å². The summed E-state index contributed by atoms with van der Waals surface area (Å²) >= 11 is 0. The lowest BCUT2D eigenvalue weighted by atomic mass is 10.0. The van der Waals surface area contributed by atoms with Gasteiger partial charge in [0.1, 0.15) is 11.6 Å². The fraction of sp³-hybridized carbons (Fsp3) is 0. The fourth-order valence-electron chi connectivity index (χ4n) is 5.93. The molecule has 0 bridgehead atoms. The molecule has 0 N–H and O–H groups in total. The Bertz CT molecular complexity index is 2260. The van der Waals surface area contributed by atoms with Crippen molar-refractivity contribution >= 4 is 21.8 Å². The molecule has 4 heteroatoms. The number of hydrogen-bond donors (Lipinski definition) is 0. The van der Waals surface area contributed by atoms with Crippen molar-refractivity contribution in [3.63, 3.8) is 0 Å². The molecule has 5 aromatic carbocycles. The molecule has 0 saturated heterocycles. The maximum absolute atomic E-state index is 6.27. The molecule has 0 unspecified atom stereocenters. The van der Waals surface area contributed by atoms with E-state index in [2.05, 4.69) is 107 Å². The van der Waals surface area contributed by atoms with Gasteiger partial charge in [-0.25, -0.2) is 9.97 Å². The number of rotatable bonds is 6. The van der Waals surface area contributed by atoms with Gasteiger partial charge in [-0.1, -0.05) is 103 Å². The first-order valence-electron chi connectivity index (χ1n) is 14.7. The van der Waals surface area contributed by atoms with Gasteiger partial charge in [0.25, 0.3) is 0 Å². The predicted molar refractivity (Wildman–Crippen MR) is 179 cm³/mol. The van der Waals surface area contributed by atoms with E-state index in [4.69, 9.17) is 9.72 Å². The standard InChI is InChI=1S/C40H27N3O/c1-3-11-28(12-4-1)32-22-24-41-39(27-32)44-33-16-9-15-30(25-33)31-20-21-36-35-17-7-8-19-37(35)43(38(36)26-31)40-34(18-10-23-42-40)29-13-5-2-6-14-29/h1-27H. The summed E-state index contributed by atoms with van der Waals surface area (Å²) in [5, 5.41) is 2.38. The van der Waals surface area contributed by atoms with Gasteiger partial charge in [0.15, 0.2) is 0 Å². The Morgan fingerprint density at radius 3 is 2.00 bits per heavy atom. The van der Waals surface area contributed by atoms with Crippen molar-refractivity contribution in [2.75, 3.05) is 0 Å². The summed E-state index contributed by atoms with van der Waals surface area (Å²) in [6.45, 7) is 0. The van der Waals surface area contributed by atoms with Crippen LogP contribution in [0.4, 0.5) is 0 Å². The molecule has 3 heterocycles. The molecular weight excluding hydrogens is 538 g/mol. The molecule has 8 rings (SSSR count). The molecule has 0 amide bonds. The van der Waals surface area contributed by atoms with E-state index in [1.807, 2.05) is 60.8 Å². The highest BCUT2D eigenvalue weighted by Gasteiger charge is 2.17. The maximum atomic E-state index is 6.27. The van der Waals surface area contributed by atoms with Gasteiger partial charge in [0.2, 0.25) is 5.88 Å². The van der Waals surface area contributed by atoms with Gasteiger partial charge >= 0.3 is 0 Å². The van der Waals surface area contributed by atoms with E-state index in [1.165, 1.54) is 10.8 Å². The number of aromatic nitrogens is 3. The summed E-state index contributed by atoms with van der Waals surface area (Å²) in [5.41, 5.74) is 8.78. The zero-order valence-electron chi connectivity index (χ0n) is 23.8. The van der Waals surface area contributed by atoms with Gasteiger partial charge in [-0.2, -0.15) is 0 Å². The van der Waals surface area contributed by atoms with Crippen LogP contribution in [-0.2, 0) is 0 Å². The van der Waals surface area contributed by atoms with Crippen LogP contribution in [0, 0.1) is 0 Å². The van der Waals surface area contributed by atoms with Gasteiger partial charge in [-0.15, -0.1) is 0 Å². The summed E-state index contributed by atoms with van der Waals surface area (Å²) in [5.74, 6) is 2.20. The summed E-state index contributed by atoms with van der Waals surface area (Å²) in [7, 11) is 0. The zero-order valence-corrected chi connectivity index (χ0v) is 23.8. The van der Waals surface area contributed by atoms with Crippen LogP contribution in [0.5, 0.6) is 11.6 Å². The second kappa shape index (κ2) is 11.0. The summed E-state index contributed by atoms with van der Waals surface area (Å²) in [6, 6.07) is 52.2. The van der Waals surface area contributed by atoms with Crippen LogP contribution in [0.2, 0.25) is 0 Å². The highest BCUT2D eigenvalue weighted by molar-refractivity contribution is 6.10. The largest absolute Gasteiger partial charge is 0.439 e. The van der Waals surface area contributed by atoms with Crippen molar-refractivity contribution in [1.82, 2.24) is 14.5 Å². The first-order valence-corrected chi connectivity index (χ1v) is 14.7. The van der Waals surface area contributed by atoms with Crippen LogP contribution in [-0.4, -0.2) is 14.5 Å². The third-order valence-electron chi connectivity index (χ3n) is 7.99. The van der Waals surface area contributed by atoms with E-state index in [1.54, 1.807) is 6.20 Å². The Balaban J connectivity index is 1.22. The number of benzene rings is 5. The molecule has 8 aromatic rings. The second-order valence-electron chi connectivity index (χ2n) is 10.7. The highest BCUT2D eigenvalue weighted by Crippen LogP contribution is 2.37. The molecule has 0 fully saturated rings. The van der Waals surface area contributed by atoms with E-state index < -0.39 is 0 Å². The highest BCUT2D eigenvalue weighted by atomic mass is 16.5.